The van der Waals surface area contributed by atoms with Crippen LogP contribution in [0.25, 0.3) is 11.4 Å². The number of ether oxygens (including phenoxy) is 1. The minimum Gasteiger partial charge on any atom is -0.376 e. The van der Waals surface area contributed by atoms with Gasteiger partial charge in [0.25, 0.3) is 0 Å². The van der Waals surface area contributed by atoms with Gasteiger partial charge in [0.2, 0.25) is 0 Å². The lowest BCUT2D eigenvalue weighted by Gasteiger charge is -2.17. The summed E-state index contributed by atoms with van der Waals surface area (Å²) in [5.74, 6) is 0.986. The van der Waals surface area contributed by atoms with Crippen LogP contribution in [0.3, 0.4) is 0 Å². The predicted octanol–water partition coefficient (Wildman–Crippen LogP) is 1.81. The van der Waals surface area contributed by atoms with E-state index in [2.05, 4.69) is 30.0 Å². The molecule has 0 fully saturated rings. The van der Waals surface area contributed by atoms with E-state index in [-0.39, 0.29) is 0 Å². The molecule has 0 amide bonds. The number of rotatable bonds is 4. The maximum atomic E-state index is 5.41. The van der Waals surface area contributed by atoms with Crippen LogP contribution in [0, 0.1) is 0 Å². The molecule has 2 N–H and O–H groups in total. The molecule has 0 aromatic carbocycles. The lowest BCUT2D eigenvalue weighted by atomic mass is 10.2. The zero-order chi connectivity index (χ0) is 14.8. The summed E-state index contributed by atoms with van der Waals surface area (Å²) in [7, 11) is 0. The number of nitrogens with one attached hydrogen (secondary N) is 2. The Bertz CT molecular complexity index is 763. The van der Waals surface area contributed by atoms with Gasteiger partial charge in [-0.3, -0.25) is 10.1 Å². The van der Waals surface area contributed by atoms with Crippen LogP contribution in [-0.2, 0) is 24.4 Å². The lowest BCUT2D eigenvalue weighted by molar-refractivity contribution is 0.0807. The van der Waals surface area contributed by atoms with E-state index in [1.165, 1.54) is 0 Å². The Labute approximate surface area is 127 Å². The molecule has 4 heterocycles. The summed E-state index contributed by atoms with van der Waals surface area (Å²) in [5, 5.41) is 10.5. The zero-order valence-electron chi connectivity index (χ0n) is 12.0. The zero-order valence-corrected chi connectivity index (χ0v) is 12.0. The van der Waals surface area contributed by atoms with Crippen molar-refractivity contribution in [3.05, 3.63) is 48.3 Å². The maximum absolute atomic E-state index is 5.41. The van der Waals surface area contributed by atoms with Gasteiger partial charge in [0.15, 0.2) is 0 Å². The van der Waals surface area contributed by atoms with Crippen molar-refractivity contribution in [3.8, 4) is 11.4 Å². The summed E-state index contributed by atoms with van der Waals surface area (Å²) >= 11 is 0. The summed E-state index contributed by atoms with van der Waals surface area (Å²) in [6.45, 7) is 2.86. The monoisotopic (exact) mass is 296 g/mol. The first-order valence-electron chi connectivity index (χ1n) is 7.21. The van der Waals surface area contributed by atoms with Gasteiger partial charge < -0.3 is 14.6 Å². The second-order valence-electron chi connectivity index (χ2n) is 5.10. The van der Waals surface area contributed by atoms with Crippen molar-refractivity contribution in [1.29, 1.82) is 0 Å². The Kier molecular flexibility index (Phi) is 3.32. The number of anilines is 1. The van der Waals surface area contributed by atoms with Crippen LogP contribution in [0.2, 0.25) is 0 Å². The normalized spacial score (nSPS) is 13.8. The number of hydrogen-bond acceptors (Lipinski definition) is 5. The largest absolute Gasteiger partial charge is 0.376 e. The summed E-state index contributed by atoms with van der Waals surface area (Å²) in [5.41, 5.74) is 3.83. The summed E-state index contributed by atoms with van der Waals surface area (Å²) in [6.07, 6.45) is 5.45. The van der Waals surface area contributed by atoms with E-state index >= 15 is 0 Å². The molecule has 0 unspecified atom stereocenters. The molecule has 0 bridgehead atoms. The molecule has 1 aliphatic heterocycles. The quantitative estimate of drug-likeness (QED) is 0.767. The maximum Gasteiger partial charge on any atom is 0.135 e. The van der Waals surface area contributed by atoms with Gasteiger partial charge in [-0.15, -0.1) is 0 Å². The molecular formula is C15H16N6O. The van der Waals surface area contributed by atoms with Crippen LogP contribution in [0.15, 0.2) is 36.8 Å². The van der Waals surface area contributed by atoms with Crippen molar-refractivity contribution < 1.29 is 4.74 Å². The average Bonchev–Trinajstić information content (AvgIpc) is 3.20. The first-order chi connectivity index (χ1) is 10.9. The van der Waals surface area contributed by atoms with Gasteiger partial charge in [0.05, 0.1) is 42.6 Å². The Morgan fingerprint density at radius 1 is 1.27 bits per heavy atom. The second-order valence-corrected chi connectivity index (χ2v) is 5.10. The first-order valence-corrected chi connectivity index (χ1v) is 7.21. The van der Waals surface area contributed by atoms with Gasteiger partial charge in [0, 0.05) is 12.7 Å². The Hall–Kier alpha value is -2.67. The highest BCUT2D eigenvalue weighted by Gasteiger charge is 2.15. The minimum absolute atomic E-state index is 0.588. The molecule has 112 valence electrons. The minimum atomic E-state index is 0.588. The highest BCUT2D eigenvalue weighted by molar-refractivity contribution is 5.70. The van der Waals surface area contributed by atoms with E-state index in [1.807, 2.05) is 24.4 Å². The molecular weight excluding hydrogens is 280 g/mol. The van der Waals surface area contributed by atoms with E-state index < -0.39 is 0 Å². The number of pyridine rings is 1. The fourth-order valence-electron chi connectivity index (χ4n) is 2.61. The standard InChI is InChI=1S/C15H16N6O/c1-2-4-16-12(3-1)15-13(9-19-20-15)17-7-11-8-18-14-10-22-6-5-21(11)14/h1-4,8-9,17H,5-7,10H2,(H,19,20). The van der Waals surface area contributed by atoms with E-state index in [9.17, 15) is 0 Å². The molecule has 1 aliphatic rings. The molecule has 0 radical (unpaired) electrons. The van der Waals surface area contributed by atoms with Gasteiger partial charge in [0.1, 0.15) is 18.1 Å². The van der Waals surface area contributed by atoms with Crippen molar-refractivity contribution >= 4 is 5.69 Å². The van der Waals surface area contributed by atoms with E-state index in [0.29, 0.717) is 13.2 Å². The Balaban J connectivity index is 1.53. The van der Waals surface area contributed by atoms with E-state index in [4.69, 9.17) is 4.74 Å². The number of H-pyrrole nitrogens is 1. The van der Waals surface area contributed by atoms with Crippen LogP contribution >= 0.6 is 0 Å². The SMILES string of the molecule is c1ccc(-c2[nH]ncc2NCc2cnc3n2CCOC3)nc1. The smallest absolute Gasteiger partial charge is 0.135 e. The number of fused-ring (bicyclic) bond motifs is 1. The van der Waals surface area contributed by atoms with Gasteiger partial charge >= 0.3 is 0 Å². The molecule has 3 aromatic rings. The number of imidazole rings is 1. The van der Waals surface area contributed by atoms with E-state index in [1.54, 1.807) is 12.4 Å². The molecule has 3 aromatic heterocycles. The third-order valence-electron chi connectivity index (χ3n) is 3.73. The molecule has 0 saturated heterocycles. The van der Waals surface area contributed by atoms with Gasteiger partial charge in [-0.05, 0) is 12.1 Å². The predicted molar refractivity (Wildman–Crippen MR) is 81.0 cm³/mol. The first kappa shape index (κ1) is 13.0. The number of aromatic amines is 1. The van der Waals surface area contributed by atoms with Gasteiger partial charge in [-0.1, -0.05) is 6.07 Å². The third-order valence-corrected chi connectivity index (χ3v) is 3.73. The van der Waals surface area contributed by atoms with Crippen LogP contribution in [-0.4, -0.2) is 31.3 Å². The van der Waals surface area contributed by atoms with Crippen LogP contribution in [0.1, 0.15) is 11.5 Å². The molecule has 4 rings (SSSR count). The summed E-state index contributed by atoms with van der Waals surface area (Å²) in [4.78, 5) is 8.75. The molecule has 22 heavy (non-hydrogen) atoms. The average molecular weight is 296 g/mol. The van der Waals surface area contributed by atoms with Crippen molar-refractivity contribution in [1.82, 2.24) is 24.7 Å². The molecule has 7 nitrogen and oxygen atoms in total. The van der Waals surface area contributed by atoms with Crippen LogP contribution < -0.4 is 5.32 Å². The van der Waals surface area contributed by atoms with Crippen molar-refractivity contribution in [2.24, 2.45) is 0 Å². The second kappa shape index (κ2) is 5.61. The highest BCUT2D eigenvalue weighted by Crippen LogP contribution is 2.23. The van der Waals surface area contributed by atoms with Crippen molar-refractivity contribution in [2.75, 3.05) is 11.9 Å². The third kappa shape index (κ3) is 2.35. The molecule has 0 spiro atoms. The van der Waals surface area contributed by atoms with Crippen molar-refractivity contribution in [3.63, 3.8) is 0 Å². The van der Waals surface area contributed by atoms with Crippen molar-refractivity contribution in [2.45, 2.75) is 19.7 Å². The Morgan fingerprint density at radius 3 is 3.18 bits per heavy atom. The van der Waals surface area contributed by atoms with Gasteiger partial charge in [-0.25, -0.2) is 4.98 Å². The number of aromatic nitrogens is 5. The van der Waals surface area contributed by atoms with E-state index in [0.717, 1.165) is 41.7 Å². The number of hydrogen-bond donors (Lipinski definition) is 2. The summed E-state index contributed by atoms with van der Waals surface area (Å²) in [6, 6.07) is 5.81. The molecule has 0 aliphatic carbocycles. The topological polar surface area (TPSA) is 80.7 Å². The fourth-order valence-corrected chi connectivity index (χ4v) is 2.61. The van der Waals surface area contributed by atoms with Crippen LogP contribution in [0.4, 0.5) is 5.69 Å². The fraction of sp³-hybridized carbons (Fsp3) is 0.267. The van der Waals surface area contributed by atoms with Gasteiger partial charge in [-0.2, -0.15) is 5.10 Å². The molecule has 7 heteroatoms. The van der Waals surface area contributed by atoms with Crippen LogP contribution in [0.5, 0.6) is 0 Å². The Morgan fingerprint density at radius 2 is 2.27 bits per heavy atom. The highest BCUT2D eigenvalue weighted by atomic mass is 16.5. The lowest BCUT2D eigenvalue weighted by Crippen LogP contribution is -2.19. The number of nitrogens with zero attached hydrogens (tertiary/aromatic N) is 4. The molecule has 0 atom stereocenters. The molecule has 0 saturated carbocycles. The summed E-state index contributed by atoms with van der Waals surface area (Å²) < 4.78 is 7.61.